The first-order chi connectivity index (χ1) is 11.9. The van der Waals surface area contributed by atoms with Crippen LogP contribution in [0.3, 0.4) is 0 Å². The maximum atomic E-state index is 12.4. The van der Waals surface area contributed by atoms with E-state index in [2.05, 4.69) is 5.32 Å². The van der Waals surface area contributed by atoms with Gasteiger partial charge in [-0.1, -0.05) is 0 Å². The molecule has 0 aliphatic carbocycles. The number of carbonyl (C=O) groups is 4. The van der Waals surface area contributed by atoms with E-state index in [0.29, 0.717) is 25.9 Å². The first-order valence-electron chi connectivity index (χ1n) is 8.64. The fourth-order valence-electron chi connectivity index (χ4n) is 2.75. The molecule has 1 atom stereocenters. The average molecular weight is 370 g/mol. The fraction of sp³-hybridized carbons (Fsp3) is 0.765. The summed E-state index contributed by atoms with van der Waals surface area (Å²) in [6, 6.07) is -0.738. The van der Waals surface area contributed by atoms with E-state index in [1.165, 1.54) is 7.05 Å². The van der Waals surface area contributed by atoms with Gasteiger partial charge in [0, 0.05) is 26.1 Å². The molecule has 0 spiro atoms. The van der Waals surface area contributed by atoms with E-state index < -0.39 is 30.3 Å². The van der Waals surface area contributed by atoms with E-state index in [-0.39, 0.29) is 17.7 Å². The van der Waals surface area contributed by atoms with Crippen molar-refractivity contribution in [2.75, 3.05) is 26.7 Å². The number of nitrogens with one attached hydrogen (secondary N) is 1. The Morgan fingerprint density at radius 3 is 2.23 bits per heavy atom. The number of carbonyl (C=O) groups excluding carboxylic acids is 4. The summed E-state index contributed by atoms with van der Waals surface area (Å²) in [5.41, 5.74) is -0.650. The molecule has 1 rings (SSSR count). The SMILES string of the molecule is C[C@H](NC(=O)OC(C)(C)C)C(=O)N1CCC(C(=O)N(C)CC(=O)[O-])CC1. The third kappa shape index (κ3) is 6.89. The van der Waals surface area contributed by atoms with Crippen LogP contribution in [-0.4, -0.2) is 72.0 Å². The van der Waals surface area contributed by atoms with Crippen LogP contribution in [0, 0.1) is 5.92 Å². The summed E-state index contributed by atoms with van der Waals surface area (Å²) in [4.78, 5) is 49.7. The third-order valence-electron chi connectivity index (χ3n) is 4.00. The highest BCUT2D eigenvalue weighted by molar-refractivity contribution is 5.86. The van der Waals surface area contributed by atoms with Gasteiger partial charge in [-0.25, -0.2) is 4.79 Å². The summed E-state index contributed by atoms with van der Waals surface area (Å²) in [5, 5.41) is 13.1. The topological polar surface area (TPSA) is 119 Å². The van der Waals surface area contributed by atoms with Gasteiger partial charge in [0.2, 0.25) is 11.8 Å². The fourth-order valence-corrected chi connectivity index (χ4v) is 2.75. The molecule has 1 fully saturated rings. The molecule has 0 aromatic heterocycles. The molecule has 3 amide bonds. The Balaban J connectivity index is 2.49. The molecule has 0 saturated carbocycles. The monoisotopic (exact) mass is 370 g/mol. The second kappa shape index (κ2) is 8.86. The summed E-state index contributed by atoms with van der Waals surface area (Å²) in [6.45, 7) is 7.07. The summed E-state index contributed by atoms with van der Waals surface area (Å²) in [5.74, 6) is -2.14. The predicted octanol–water partition coefficient (Wildman–Crippen LogP) is -0.653. The maximum Gasteiger partial charge on any atom is 0.408 e. The van der Waals surface area contributed by atoms with Crippen molar-refractivity contribution in [2.45, 2.75) is 52.2 Å². The lowest BCUT2D eigenvalue weighted by Gasteiger charge is -2.34. The average Bonchev–Trinajstić information content (AvgIpc) is 2.51. The van der Waals surface area contributed by atoms with Gasteiger partial charge in [-0.3, -0.25) is 9.59 Å². The second-order valence-electron chi connectivity index (χ2n) is 7.53. The number of carboxylic acids is 1. The summed E-state index contributed by atoms with van der Waals surface area (Å²) >= 11 is 0. The number of alkyl carbamates (subject to hydrolysis) is 1. The van der Waals surface area contributed by atoms with Crippen LogP contribution in [0.5, 0.6) is 0 Å². The van der Waals surface area contributed by atoms with Crippen LogP contribution in [0.1, 0.15) is 40.5 Å². The Labute approximate surface area is 153 Å². The standard InChI is InChI=1S/C17H29N3O6/c1-11(18-16(25)26-17(2,3)4)14(23)20-8-6-12(7-9-20)15(24)19(5)10-13(21)22/h11-12H,6-10H2,1-5H3,(H,18,25)(H,21,22)/p-1/t11-/m0/s1. The van der Waals surface area contributed by atoms with Gasteiger partial charge in [-0.05, 0) is 40.5 Å². The molecule has 0 radical (unpaired) electrons. The Bertz CT molecular complexity index is 549. The van der Waals surface area contributed by atoms with Crippen molar-refractivity contribution in [2.24, 2.45) is 5.92 Å². The molecule has 1 saturated heterocycles. The first kappa shape index (κ1) is 21.7. The number of likely N-dealkylation sites (N-methyl/N-ethyl adjacent to an activating group) is 1. The van der Waals surface area contributed by atoms with Crippen LogP contribution in [0.15, 0.2) is 0 Å². The molecule has 26 heavy (non-hydrogen) atoms. The number of piperidine rings is 1. The number of likely N-dealkylation sites (tertiary alicyclic amines) is 1. The van der Waals surface area contributed by atoms with Gasteiger partial charge in [-0.15, -0.1) is 0 Å². The van der Waals surface area contributed by atoms with Crippen molar-refractivity contribution in [3.63, 3.8) is 0 Å². The molecule has 0 unspecified atom stereocenters. The van der Waals surface area contributed by atoms with Crippen LogP contribution in [0.25, 0.3) is 0 Å². The minimum Gasteiger partial charge on any atom is -0.548 e. The molecule has 0 aromatic carbocycles. The minimum absolute atomic E-state index is 0.246. The summed E-state index contributed by atoms with van der Waals surface area (Å²) in [7, 11) is 1.42. The smallest absolute Gasteiger partial charge is 0.408 e. The van der Waals surface area contributed by atoms with Crippen LogP contribution < -0.4 is 10.4 Å². The second-order valence-corrected chi connectivity index (χ2v) is 7.53. The van der Waals surface area contributed by atoms with Gasteiger partial charge in [-0.2, -0.15) is 0 Å². The van der Waals surface area contributed by atoms with Crippen molar-refractivity contribution < 1.29 is 29.0 Å². The quantitative estimate of drug-likeness (QED) is 0.687. The lowest BCUT2D eigenvalue weighted by molar-refractivity contribution is -0.305. The first-order valence-corrected chi connectivity index (χ1v) is 8.64. The van der Waals surface area contributed by atoms with Gasteiger partial charge < -0.3 is 29.8 Å². The molecule has 1 N–H and O–H groups in total. The van der Waals surface area contributed by atoms with Gasteiger partial charge in [0.15, 0.2) is 0 Å². The largest absolute Gasteiger partial charge is 0.548 e. The van der Waals surface area contributed by atoms with Crippen LogP contribution in [0.2, 0.25) is 0 Å². The highest BCUT2D eigenvalue weighted by Crippen LogP contribution is 2.20. The van der Waals surface area contributed by atoms with E-state index in [1.807, 2.05) is 0 Å². The van der Waals surface area contributed by atoms with Gasteiger partial charge in [0.05, 0.1) is 12.5 Å². The molecule has 1 heterocycles. The normalized spacial score (nSPS) is 16.6. The zero-order valence-corrected chi connectivity index (χ0v) is 16.0. The summed E-state index contributed by atoms with van der Waals surface area (Å²) < 4.78 is 5.13. The Morgan fingerprint density at radius 1 is 1.23 bits per heavy atom. The number of hydrogen-bond acceptors (Lipinski definition) is 6. The number of carboxylic acid groups (broad SMARTS) is 1. The number of ether oxygens (including phenoxy) is 1. The zero-order chi connectivity index (χ0) is 20.1. The number of amides is 3. The van der Waals surface area contributed by atoms with Crippen molar-refractivity contribution in [1.82, 2.24) is 15.1 Å². The van der Waals surface area contributed by atoms with E-state index in [4.69, 9.17) is 4.74 Å². The number of nitrogens with zero attached hydrogens (tertiary/aromatic N) is 2. The van der Waals surface area contributed by atoms with Crippen molar-refractivity contribution in [3.8, 4) is 0 Å². The highest BCUT2D eigenvalue weighted by Gasteiger charge is 2.31. The van der Waals surface area contributed by atoms with E-state index in [0.717, 1.165) is 4.90 Å². The molecule has 148 valence electrons. The summed E-state index contributed by atoms with van der Waals surface area (Å²) in [6.07, 6.45) is 0.231. The molecule has 0 aromatic rings. The Morgan fingerprint density at radius 2 is 1.77 bits per heavy atom. The van der Waals surface area contributed by atoms with Crippen LogP contribution in [-0.2, 0) is 19.1 Å². The molecule has 9 nitrogen and oxygen atoms in total. The molecule has 1 aliphatic rings. The van der Waals surface area contributed by atoms with Gasteiger partial charge >= 0.3 is 6.09 Å². The third-order valence-corrected chi connectivity index (χ3v) is 4.00. The number of hydrogen-bond donors (Lipinski definition) is 1. The van der Waals surface area contributed by atoms with Crippen molar-refractivity contribution >= 4 is 23.9 Å². The van der Waals surface area contributed by atoms with Crippen molar-refractivity contribution in [3.05, 3.63) is 0 Å². The van der Waals surface area contributed by atoms with Crippen LogP contribution >= 0.6 is 0 Å². The highest BCUT2D eigenvalue weighted by atomic mass is 16.6. The van der Waals surface area contributed by atoms with Crippen molar-refractivity contribution in [1.29, 1.82) is 0 Å². The minimum atomic E-state index is -1.31. The molecule has 1 aliphatic heterocycles. The Kier molecular flexibility index (Phi) is 7.41. The molecular formula is C17H28N3O6-. The van der Waals surface area contributed by atoms with Gasteiger partial charge in [0.1, 0.15) is 11.6 Å². The zero-order valence-electron chi connectivity index (χ0n) is 16.0. The Hall–Kier alpha value is -2.32. The lowest BCUT2D eigenvalue weighted by atomic mass is 9.95. The number of aliphatic carboxylic acids is 1. The van der Waals surface area contributed by atoms with Crippen LogP contribution in [0.4, 0.5) is 4.79 Å². The molecule has 9 heteroatoms. The van der Waals surface area contributed by atoms with E-state index in [9.17, 15) is 24.3 Å². The molecule has 0 bridgehead atoms. The number of rotatable bonds is 5. The predicted molar refractivity (Wildman–Crippen MR) is 90.8 cm³/mol. The van der Waals surface area contributed by atoms with E-state index >= 15 is 0 Å². The van der Waals surface area contributed by atoms with E-state index in [1.54, 1.807) is 32.6 Å². The lowest BCUT2D eigenvalue weighted by Crippen LogP contribution is -2.51. The maximum absolute atomic E-state index is 12.4. The molecular weight excluding hydrogens is 342 g/mol. The van der Waals surface area contributed by atoms with Gasteiger partial charge in [0.25, 0.3) is 0 Å².